The summed E-state index contributed by atoms with van der Waals surface area (Å²) < 4.78 is 32.8. The standard InChI is InChI=1S/C43H57FN6O7S/c1-2-49(20-17-45-16-11-32-9-10-36(51)39-40(32)56-27-37(52)47-39)38(53)13-23-55-22-12-31-8-7-30(25-34(31)44)26-48-18-14-43(15-19-48)29-50(21-24-57-43)42(54)35-28-58-41(46-35)33-5-3-4-6-33/h7-10,25,28,33,45,51H,2-6,11-24,26-27,29H2,1H3,(H,47,52). The van der Waals surface area contributed by atoms with E-state index in [-0.39, 0.29) is 54.5 Å². The van der Waals surface area contributed by atoms with Gasteiger partial charge >= 0.3 is 0 Å². The van der Waals surface area contributed by atoms with Crippen molar-refractivity contribution >= 4 is 34.7 Å². The van der Waals surface area contributed by atoms with Crippen LogP contribution in [0.5, 0.6) is 11.5 Å². The van der Waals surface area contributed by atoms with Crippen LogP contribution in [-0.2, 0) is 38.4 Å². The topological polar surface area (TPSA) is 146 Å². The third-order valence-corrected chi connectivity index (χ3v) is 12.9. The molecule has 1 spiro atoms. The lowest BCUT2D eigenvalue weighted by molar-refractivity contribution is -0.132. The Morgan fingerprint density at radius 1 is 1.10 bits per heavy atom. The largest absolute Gasteiger partial charge is 0.506 e. The lowest BCUT2D eigenvalue weighted by Crippen LogP contribution is -2.58. The number of fused-ring (bicyclic) bond motifs is 1. The predicted octanol–water partition coefficient (Wildman–Crippen LogP) is 5.11. The number of rotatable bonds is 17. The van der Waals surface area contributed by atoms with E-state index in [4.69, 9.17) is 19.2 Å². The summed E-state index contributed by atoms with van der Waals surface area (Å²) in [6.45, 7) is 8.79. The number of morpholine rings is 1. The van der Waals surface area contributed by atoms with E-state index in [0.717, 1.165) is 42.1 Å². The second-order valence-electron chi connectivity index (χ2n) is 15.9. The average Bonchev–Trinajstić information content (AvgIpc) is 3.95. The van der Waals surface area contributed by atoms with Crippen molar-refractivity contribution in [2.45, 2.75) is 82.8 Å². The van der Waals surface area contributed by atoms with Crippen LogP contribution >= 0.6 is 11.3 Å². The van der Waals surface area contributed by atoms with Crippen LogP contribution in [0.4, 0.5) is 10.1 Å². The van der Waals surface area contributed by atoms with E-state index >= 15 is 4.39 Å². The molecular formula is C43H57FN6O7S. The summed E-state index contributed by atoms with van der Waals surface area (Å²) in [5.74, 6) is 0.440. The number of hydrogen-bond donors (Lipinski definition) is 3. The van der Waals surface area contributed by atoms with Crippen LogP contribution in [0, 0.1) is 5.82 Å². The zero-order valence-electron chi connectivity index (χ0n) is 33.6. The van der Waals surface area contributed by atoms with Gasteiger partial charge in [0, 0.05) is 57.1 Å². The number of aromatic nitrogens is 1. The van der Waals surface area contributed by atoms with Crippen molar-refractivity contribution in [1.82, 2.24) is 25.0 Å². The highest BCUT2D eigenvalue weighted by Crippen LogP contribution is 2.39. The molecule has 3 fully saturated rings. The molecule has 15 heteroatoms. The Morgan fingerprint density at radius 3 is 2.71 bits per heavy atom. The number of halogens is 1. The summed E-state index contributed by atoms with van der Waals surface area (Å²) in [4.78, 5) is 48.7. The van der Waals surface area contributed by atoms with E-state index < -0.39 is 0 Å². The van der Waals surface area contributed by atoms with E-state index in [0.29, 0.717) is 100 Å². The molecule has 0 atom stereocenters. The number of likely N-dealkylation sites (N-methyl/N-ethyl adjacent to an activating group) is 1. The number of benzene rings is 2. The molecule has 2 saturated heterocycles. The van der Waals surface area contributed by atoms with Gasteiger partial charge in [-0.3, -0.25) is 19.3 Å². The lowest BCUT2D eigenvalue weighted by Gasteiger charge is -2.47. The molecule has 4 heterocycles. The quantitative estimate of drug-likeness (QED) is 0.124. The molecule has 1 aliphatic carbocycles. The number of anilines is 1. The van der Waals surface area contributed by atoms with Crippen molar-refractivity contribution in [3.8, 4) is 11.5 Å². The van der Waals surface area contributed by atoms with Gasteiger partial charge in [-0.1, -0.05) is 31.0 Å². The Labute approximate surface area is 344 Å². The summed E-state index contributed by atoms with van der Waals surface area (Å²) in [6.07, 6.45) is 7.77. The normalized spacial score (nSPS) is 18.2. The predicted molar refractivity (Wildman–Crippen MR) is 219 cm³/mol. The van der Waals surface area contributed by atoms with Crippen LogP contribution in [0.3, 0.4) is 0 Å². The molecule has 3 aliphatic heterocycles. The number of aromatic hydroxyl groups is 1. The number of carbonyl (C=O) groups excluding carboxylic acids is 3. The molecule has 3 amide bonds. The van der Waals surface area contributed by atoms with Gasteiger partial charge in [-0.05, 0) is 80.8 Å². The number of amides is 3. The highest BCUT2D eigenvalue weighted by atomic mass is 32.1. The molecule has 3 aromatic rings. The van der Waals surface area contributed by atoms with Crippen LogP contribution < -0.4 is 15.4 Å². The number of phenols is 1. The summed E-state index contributed by atoms with van der Waals surface area (Å²) in [5.41, 5.74) is 2.91. The third-order valence-electron chi connectivity index (χ3n) is 11.9. The minimum absolute atomic E-state index is 0.00424. The van der Waals surface area contributed by atoms with Crippen molar-refractivity contribution in [2.24, 2.45) is 0 Å². The number of piperidine rings is 1. The minimum Gasteiger partial charge on any atom is -0.506 e. The molecule has 3 N–H and O–H groups in total. The maximum atomic E-state index is 15.2. The Morgan fingerprint density at radius 2 is 1.91 bits per heavy atom. The number of phenolic OH excluding ortho intramolecular Hbond substituents is 1. The summed E-state index contributed by atoms with van der Waals surface area (Å²) in [6, 6.07) is 8.76. The van der Waals surface area contributed by atoms with Crippen LogP contribution in [-0.4, -0.2) is 127 Å². The zero-order valence-corrected chi connectivity index (χ0v) is 34.4. The summed E-state index contributed by atoms with van der Waals surface area (Å²) in [7, 11) is 0. The first kappa shape index (κ1) is 42.0. The van der Waals surface area contributed by atoms with Gasteiger partial charge in [0.25, 0.3) is 11.8 Å². The van der Waals surface area contributed by atoms with E-state index in [2.05, 4.69) is 15.5 Å². The van der Waals surface area contributed by atoms with Gasteiger partial charge in [0.1, 0.15) is 22.9 Å². The van der Waals surface area contributed by atoms with Gasteiger partial charge in [-0.25, -0.2) is 9.37 Å². The smallest absolute Gasteiger partial charge is 0.273 e. The first-order chi connectivity index (χ1) is 28.2. The molecule has 314 valence electrons. The molecule has 0 bridgehead atoms. The monoisotopic (exact) mass is 820 g/mol. The van der Waals surface area contributed by atoms with E-state index in [1.165, 1.54) is 25.7 Å². The lowest BCUT2D eigenvalue weighted by atomic mass is 9.89. The number of hydrogen-bond acceptors (Lipinski definition) is 11. The van der Waals surface area contributed by atoms with Crippen molar-refractivity contribution in [1.29, 1.82) is 0 Å². The van der Waals surface area contributed by atoms with Crippen LogP contribution in [0.2, 0.25) is 0 Å². The molecule has 7 rings (SSSR count). The average molecular weight is 821 g/mol. The van der Waals surface area contributed by atoms with Gasteiger partial charge in [-0.2, -0.15) is 0 Å². The SMILES string of the molecule is CCN(CCNCCc1ccc(O)c2c1OCC(=O)N2)C(=O)CCOCCc1ccc(CN2CCC3(CC2)CN(C(=O)c2csc(C4CCCC4)n2)CCO3)cc1F. The second-order valence-corrected chi connectivity index (χ2v) is 16.8. The maximum Gasteiger partial charge on any atom is 0.273 e. The van der Waals surface area contributed by atoms with Crippen molar-refractivity contribution < 1.29 is 38.1 Å². The van der Waals surface area contributed by atoms with Crippen LogP contribution in [0.1, 0.15) is 90.0 Å². The van der Waals surface area contributed by atoms with E-state index in [1.54, 1.807) is 34.4 Å². The fourth-order valence-corrected chi connectivity index (χ4v) is 9.50. The molecule has 0 radical (unpaired) electrons. The first-order valence-corrected chi connectivity index (χ1v) is 21.8. The second kappa shape index (κ2) is 19.7. The number of nitrogens with zero attached hydrogens (tertiary/aromatic N) is 4. The maximum absolute atomic E-state index is 15.2. The number of nitrogens with one attached hydrogen (secondary N) is 2. The third kappa shape index (κ3) is 10.5. The van der Waals surface area contributed by atoms with E-state index in [1.807, 2.05) is 29.3 Å². The highest BCUT2D eigenvalue weighted by Gasteiger charge is 2.41. The Balaban J connectivity index is 0.769. The fourth-order valence-electron chi connectivity index (χ4n) is 8.53. The number of carbonyl (C=O) groups is 3. The molecule has 2 aromatic carbocycles. The van der Waals surface area contributed by atoms with Gasteiger partial charge in [-0.15, -0.1) is 11.3 Å². The number of ether oxygens (including phenoxy) is 3. The number of likely N-dealkylation sites (tertiary alicyclic amines) is 1. The van der Waals surface area contributed by atoms with Crippen molar-refractivity contribution in [3.05, 3.63) is 68.9 Å². The molecular weight excluding hydrogens is 764 g/mol. The van der Waals surface area contributed by atoms with Crippen molar-refractivity contribution in [2.75, 3.05) is 84.1 Å². The van der Waals surface area contributed by atoms with E-state index in [9.17, 15) is 19.5 Å². The van der Waals surface area contributed by atoms with Crippen molar-refractivity contribution in [3.63, 3.8) is 0 Å². The van der Waals surface area contributed by atoms with Gasteiger partial charge in [0.15, 0.2) is 12.4 Å². The summed E-state index contributed by atoms with van der Waals surface area (Å²) >= 11 is 1.63. The van der Waals surface area contributed by atoms with Crippen LogP contribution in [0.15, 0.2) is 35.7 Å². The minimum atomic E-state index is -0.350. The first-order valence-electron chi connectivity index (χ1n) is 20.9. The fraction of sp³-hybridized carbons (Fsp3) is 0.581. The van der Waals surface area contributed by atoms with Gasteiger partial charge in [0.05, 0.1) is 43.4 Å². The van der Waals surface area contributed by atoms with Gasteiger partial charge < -0.3 is 39.8 Å². The van der Waals surface area contributed by atoms with Gasteiger partial charge in [0.2, 0.25) is 5.91 Å². The van der Waals surface area contributed by atoms with Crippen LogP contribution in [0.25, 0.3) is 0 Å². The summed E-state index contributed by atoms with van der Waals surface area (Å²) in [5, 5.41) is 19.1. The molecule has 0 unspecified atom stereocenters. The molecule has 4 aliphatic rings. The zero-order chi connectivity index (χ0) is 40.5. The molecule has 13 nitrogen and oxygen atoms in total. The molecule has 1 saturated carbocycles. The molecule has 58 heavy (non-hydrogen) atoms. The number of thiazole rings is 1. The Bertz CT molecular complexity index is 1900. The molecule has 1 aromatic heterocycles. The Kier molecular flexibility index (Phi) is 14.3. The Hall–Kier alpha value is -4.15. The highest BCUT2D eigenvalue weighted by molar-refractivity contribution is 7.09.